The molecular weight excluding hydrogens is 627 g/mol. The van der Waals surface area contributed by atoms with E-state index in [9.17, 15) is 0 Å². The van der Waals surface area contributed by atoms with Gasteiger partial charge in [-0.1, -0.05) is 84.9 Å². The van der Waals surface area contributed by atoms with Crippen molar-refractivity contribution in [3.05, 3.63) is 164 Å². The topological polar surface area (TPSA) is 61.7 Å². The molecule has 0 amide bonds. The van der Waals surface area contributed by atoms with E-state index in [2.05, 4.69) is 171 Å². The second-order valence-electron chi connectivity index (χ2n) is 13.0. The van der Waals surface area contributed by atoms with E-state index in [-0.39, 0.29) is 0 Å². The van der Waals surface area contributed by atoms with Crippen molar-refractivity contribution in [2.45, 2.75) is 0 Å². The summed E-state index contributed by atoms with van der Waals surface area (Å²) in [5.74, 6) is 0. The number of fused-ring (bicyclic) bond motifs is 9. The number of benzene rings is 6. The van der Waals surface area contributed by atoms with Crippen molar-refractivity contribution >= 4 is 65.8 Å². The fourth-order valence-corrected chi connectivity index (χ4v) is 7.76. The van der Waals surface area contributed by atoms with Crippen LogP contribution in [-0.4, -0.2) is 24.3 Å². The molecule has 11 aromatic rings. The number of pyridine rings is 1. The summed E-state index contributed by atoms with van der Waals surface area (Å²) in [6.45, 7) is 0. The summed E-state index contributed by atoms with van der Waals surface area (Å²) in [6.07, 6.45) is 1.88. The van der Waals surface area contributed by atoms with Crippen LogP contribution >= 0.6 is 0 Å². The molecule has 0 bridgehead atoms. The molecule has 11 rings (SSSR count). The molecule has 0 aliphatic heterocycles. The molecule has 5 heterocycles. The number of nitrogens with zero attached hydrogens (tertiary/aromatic N) is 5. The highest BCUT2D eigenvalue weighted by atomic mass is 16.3. The molecule has 0 saturated heterocycles. The lowest BCUT2D eigenvalue weighted by atomic mass is 10.0. The molecule has 0 aliphatic carbocycles. The molecule has 51 heavy (non-hydrogen) atoms. The van der Waals surface area contributed by atoms with E-state index in [4.69, 9.17) is 9.40 Å². The Kier molecular flexibility index (Phi) is 5.86. The van der Waals surface area contributed by atoms with E-state index in [1.54, 1.807) is 0 Å². The third kappa shape index (κ3) is 4.20. The van der Waals surface area contributed by atoms with Crippen LogP contribution in [0.15, 0.2) is 168 Å². The predicted molar refractivity (Wildman–Crippen MR) is 207 cm³/mol. The van der Waals surface area contributed by atoms with Crippen LogP contribution in [0.3, 0.4) is 0 Å². The first-order valence-electron chi connectivity index (χ1n) is 17.0. The van der Waals surface area contributed by atoms with Crippen LogP contribution in [0.5, 0.6) is 0 Å². The molecule has 0 saturated carbocycles. The van der Waals surface area contributed by atoms with Crippen LogP contribution in [-0.2, 0) is 0 Å². The first-order valence-corrected chi connectivity index (χ1v) is 17.0. The van der Waals surface area contributed by atoms with Gasteiger partial charge in [0.2, 0.25) is 11.4 Å². The standard InChI is InChI=1S/C45H27N5O/c1-3-11-31(12-4-1)49-40-17-9-7-15-33(40)35-23-28(19-21-42(35)49)30-25-37-38-26-39(47-48-45(38)51-44(37)46-27-30)29-20-22-43-36(24-29)34-16-8-10-18-41(34)50(43)32-13-5-2-6-14-32/h1-27H. The third-order valence-electron chi connectivity index (χ3n) is 10.1. The third-order valence-corrected chi connectivity index (χ3v) is 10.1. The number of hydrogen-bond acceptors (Lipinski definition) is 4. The van der Waals surface area contributed by atoms with Crippen molar-refractivity contribution < 1.29 is 4.42 Å². The zero-order valence-electron chi connectivity index (χ0n) is 27.2. The Bertz CT molecular complexity index is 2920. The number of rotatable bonds is 4. The lowest BCUT2D eigenvalue weighted by molar-refractivity contribution is 0.633. The molecule has 6 nitrogen and oxygen atoms in total. The maximum atomic E-state index is 6.10. The summed E-state index contributed by atoms with van der Waals surface area (Å²) in [6, 6.07) is 55.6. The minimum atomic E-state index is 0.474. The SMILES string of the molecule is c1ccc(-n2c3ccccc3c3cc(-c4cnc5oc6nnc(-c7ccc8c(c7)c7ccccc7n8-c7ccccc7)cc6c5c4)ccc32)cc1. The largest absolute Gasteiger partial charge is 0.418 e. The summed E-state index contributed by atoms with van der Waals surface area (Å²) >= 11 is 0. The van der Waals surface area contributed by atoms with Gasteiger partial charge in [0, 0.05) is 50.2 Å². The van der Waals surface area contributed by atoms with Crippen LogP contribution in [0.1, 0.15) is 0 Å². The van der Waals surface area contributed by atoms with Gasteiger partial charge in [-0.15, -0.1) is 10.2 Å². The summed E-state index contributed by atoms with van der Waals surface area (Å²) in [4.78, 5) is 4.76. The molecule has 6 heteroatoms. The van der Waals surface area contributed by atoms with Crippen LogP contribution in [0.25, 0.3) is 99.6 Å². The Balaban J connectivity index is 1.04. The van der Waals surface area contributed by atoms with Crippen LogP contribution < -0.4 is 0 Å². The normalized spacial score (nSPS) is 11.9. The molecule has 0 unspecified atom stereocenters. The van der Waals surface area contributed by atoms with Gasteiger partial charge in [-0.3, -0.25) is 0 Å². The Morgan fingerprint density at radius 3 is 1.53 bits per heavy atom. The molecular formula is C45H27N5O. The van der Waals surface area contributed by atoms with Gasteiger partial charge in [-0.05, 0) is 78.4 Å². The van der Waals surface area contributed by atoms with Gasteiger partial charge < -0.3 is 13.6 Å². The van der Waals surface area contributed by atoms with E-state index in [1.165, 1.54) is 32.6 Å². The zero-order valence-corrected chi connectivity index (χ0v) is 27.2. The average Bonchev–Trinajstić information content (AvgIpc) is 3.85. The van der Waals surface area contributed by atoms with Gasteiger partial charge in [-0.25, -0.2) is 4.98 Å². The maximum absolute atomic E-state index is 6.10. The second-order valence-corrected chi connectivity index (χ2v) is 13.0. The Morgan fingerprint density at radius 2 is 0.882 bits per heavy atom. The van der Waals surface area contributed by atoms with E-state index < -0.39 is 0 Å². The summed E-state index contributed by atoms with van der Waals surface area (Å²) in [5.41, 5.74) is 11.8. The fraction of sp³-hybridized carbons (Fsp3) is 0. The minimum absolute atomic E-state index is 0.474. The molecule has 0 radical (unpaired) electrons. The lowest BCUT2D eigenvalue weighted by Crippen LogP contribution is -1.93. The van der Waals surface area contributed by atoms with E-state index >= 15 is 0 Å². The number of hydrogen-bond donors (Lipinski definition) is 0. The average molecular weight is 654 g/mol. The second kappa shape index (κ2) is 10.7. The number of para-hydroxylation sites is 4. The Morgan fingerprint density at radius 1 is 0.373 bits per heavy atom. The lowest BCUT2D eigenvalue weighted by Gasteiger charge is -2.08. The summed E-state index contributed by atoms with van der Waals surface area (Å²) < 4.78 is 10.7. The van der Waals surface area contributed by atoms with Crippen molar-refractivity contribution in [2.75, 3.05) is 0 Å². The first-order chi connectivity index (χ1) is 25.3. The molecule has 0 spiro atoms. The van der Waals surface area contributed by atoms with Crippen LogP contribution in [0.4, 0.5) is 0 Å². The number of aromatic nitrogens is 5. The van der Waals surface area contributed by atoms with Crippen LogP contribution in [0.2, 0.25) is 0 Å². The molecule has 0 aliphatic rings. The van der Waals surface area contributed by atoms with E-state index in [0.717, 1.165) is 55.6 Å². The summed E-state index contributed by atoms with van der Waals surface area (Å²) in [7, 11) is 0. The number of furan rings is 1. The first kappa shape index (κ1) is 27.9. The van der Waals surface area contributed by atoms with E-state index in [0.29, 0.717) is 11.4 Å². The van der Waals surface area contributed by atoms with E-state index in [1.807, 2.05) is 12.3 Å². The predicted octanol–water partition coefficient (Wildman–Crippen LogP) is 11.3. The quantitative estimate of drug-likeness (QED) is 0.190. The van der Waals surface area contributed by atoms with Crippen LogP contribution in [0, 0.1) is 0 Å². The zero-order chi connectivity index (χ0) is 33.5. The smallest absolute Gasteiger partial charge is 0.248 e. The highest BCUT2D eigenvalue weighted by Crippen LogP contribution is 2.38. The highest BCUT2D eigenvalue weighted by molar-refractivity contribution is 6.12. The van der Waals surface area contributed by atoms with Crippen molar-refractivity contribution in [2.24, 2.45) is 0 Å². The van der Waals surface area contributed by atoms with Crippen molar-refractivity contribution in [1.29, 1.82) is 0 Å². The molecule has 5 aromatic heterocycles. The Hall–Kier alpha value is -7.05. The van der Waals surface area contributed by atoms with Gasteiger partial charge in [0.1, 0.15) is 0 Å². The van der Waals surface area contributed by atoms with Gasteiger partial charge in [0.15, 0.2) is 0 Å². The van der Waals surface area contributed by atoms with Crippen molar-refractivity contribution in [1.82, 2.24) is 24.3 Å². The molecule has 6 aromatic carbocycles. The van der Waals surface area contributed by atoms with Crippen molar-refractivity contribution in [3.8, 4) is 33.8 Å². The highest BCUT2D eigenvalue weighted by Gasteiger charge is 2.18. The monoisotopic (exact) mass is 653 g/mol. The Labute approximate surface area is 291 Å². The van der Waals surface area contributed by atoms with Gasteiger partial charge >= 0.3 is 0 Å². The summed E-state index contributed by atoms with van der Waals surface area (Å²) in [5, 5.41) is 15.7. The maximum Gasteiger partial charge on any atom is 0.248 e. The van der Waals surface area contributed by atoms with Crippen molar-refractivity contribution in [3.63, 3.8) is 0 Å². The van der Waals surface area contributed by atoms with Gasteiger partial charge in [0.05, 0.1) is 38.5 Å². The molecule has 238 valence electrons. The van der Waals surface area contributed by atoms with Gasteiger partial charge in [0.25, 0.3) is 0 Å². The fourth-order valence-electron chi connectivity index (χ4n) is 7.76. The molecule has 0 N–H and O–H groups in total. The molecule has 0 atom stereocenters. The molecule has 0 fully saturated rings. The van der Waals surface area contributed by atoms with Gasteiger partial charge in [-0.2, -0.15) is 0 Å². The minimum Gasteiger partial charge on any atom is -0.418 e.